The van der Waals surface area contributed by atoms with E-state index in [0.29, 0.717) is 0 Å². The van der Waals surface area contributed by atoms with Crippen molar-refractivity contribution < 1.29 is 0 Å². The topological polar surface area (TPSA) is 34.9 Å². The number of hydrogen-bond donors (Lipinski definition) is 0. The van der Waals surface area contributed by atoms with Gasteiger partial charge in [0.25, 0.3) is 5.56 Å². The van der Waals surface area contributed by atoms with Crippen molar-refractivity contribution in [3.05, 3.63) is 75.8 Å². The molecule has 4 rings (SSSR count). The molecule has 2 heterocycles. The van der Waals surface area contributed by atoms with Crippen LogP contribution in [0, 0.1) is 6.92 Å². The summed E-state index contributed by atoms with van der Waals surface area (Å²) in [5.74, 6) is 0.821. The van der Waals surface area contributed by atoms with E-state index in [1.54, 1.807) is 0 Å². The first-order valence-electron chi connectivity index (χ1n) is 7.99. The Kier molecular flexibility index (Phi) is 3.34. The number of aromatic nitrogens is 2. The van der Waals surface area contributed by atoms with Crippen molar-refractivity contribution in [2.45, 2.75) is 26.3 Å². The van der Waals surface area contributed by atoms with E-state index in [1.165, 1.54) is 0 Å². The van der Waals surface area contributed by atoms with Gasteiger partial charge in [0.15, 0.2) is 0 Å². The van der Waals surface area contributed by atoms with Gasteiger partial charge in [0.1, 0.15) is 5.82 Å². The molecular formula is C20H18N2O. The Bertz CT molecular complexity index is 968. The van der Waals surface area contributed by atoms with Gasteiger partial charge >= 0.3 is 0 Å². The van der Waals surface area contributed by atoms with Crippen molar-refractivity contribution >= 4 is 22.6 Å². The number of fused-ring (bicyclic) bond motifs is 2. The Morgan fingerprint density at radius 2 is 1.96 bits per heavy atom. The maximum absolute atomic E-state index is 12.8. The van der Waals surface area contributed by atoms with Crippen LogP contribution >= 0.6 is 0 Å². The number of rotatable bonds is 1. The second kappa shape index (κ2) is 5.51. The van der Waals surface area contributed by atoms with Crippen molar-refractivity contribution in [1.29, 1.82) is 0 Å². The van der Waals surface area contributed by atoms with E-state index in [9.17, 15) is 4.79 Å². The highest BCUT2D eigenvalue weighted by atomic mass is 16.1. The van der Waals surface area contributed by atoms with Crippen LogP contribution in [-0.2, 0) is 6.54 Å². The highest BCUT2D eigenvalue weighted by Gasteiger charge is 2.18. The van der Waals surface area contributed by atoms with Gasteiger partial charge in [0.2, 0.25) is 0 Å². The average Bonchev–Trinajstić information content (AvgIpc) is 2.57. The molecule has 0 radical (unpaired) electrons. The Morgan fingerprint density at radius 1 is 1.13 bits per heavy atom. The summed E-state index contributed by atoms with van der Waals surface area (Å²) in [5, 5.41) is 0.717. The number of allylic oxidation sites excluding steroid dienone is 1. The number of aryl methyl sites for hydroxylation is 1. The van der Waals surface area contributed by atoms with E-state index < -0.39 is 0 Å². The fraction of sp³-hybridized carbons (Fsp3) is 0.200. The minimum Gasteiger partial charge on any atom is -0.292 e. The highest BCUT2D eigenvalue weighted by molar-refractivity contribution is 5.84. The summed E-state index contributed by atoms with van der Waals surface area (Å²) in [5.41, 5.74) is 4.24. The molecule has 1 aromatic heterocycles. The molecule has 0 saturated carbocycles. The zero-order chi connectivity index (χ0) is 15.8. The Morgan fingerprint density at radius 3 is 2.78 bits per heavy atom. The van der Waals surface area contributed by atoms with E-state index in [-0.39, 0.29) is 5.56 Å². The van der Waals surface area contributed by atoms with Crippen molar-refractivity contribution in [2.75, 3.05) is 0 Å². The summed E-state index contributed by atoms with van der Waals surface area (Å²) in [4.78, 5) is 17.6. The van der Waals surface area contributed by atoms with E-state index in [2.05, 4.69) is 18.2 Å². The second-order valence-corrected chi connectivity index (χ2v) is 6.10. The minimum atomic E-state index is 0.0763. The van der Waals surface area contributed by atoms with E-state index in [4.69, 9.17) is 4.98 Å². The summed E-state index contributed by atoms with van der Waals surface area (Å²) in [7, 11) is 0. The van der Waals surface area contributed by atoms with Crippen LogP contribution in [0.2, 0.25) is 0 Å². The van der Waals surface area contributed by atoms with Crippen LogP contribution in [0.25, 0.3) is 22.6 Å². The molecule has 3 aromatic rings. The lowest BCUT2D eigenvalue weighted by Crippen LogP contribution is -2.27. The van der Waals surface area contributed by atoms with Crippen LogP contribution in [0.1, 0.15) is 29.8 Å². The fourth-order valence-corrected chi connectivity index (χ4v) is 3.21. The summed E-state index contributed by atoms with van der Waals surface area (Å²) >= 11 is 0. The smallest absolute Gasteiger partial charge is 0.261 e. The molecule has 0 unspecified atom stereocenters. The summed E-state index contributed by atoms with van der Waals surface area (Å²) in [6.45, 7) is 2.75. The van der Waals surface area contributed by atoms with Gasteiger partial charge < -0.3 is 0 Å². The third-order valence-electron chi connectivity index (χ3n) is 4.37. The molecule has 1 aliphatic heterocycles. The third-order valence-corrected chi connectivity index (χ3v) is 4.37. The Balaban J connectivity index is 1.95. The van der Waals surface area contributed by atoms with Crippen molar-refractivity contribution in [2.24, 2.45) is 0 Å². The molecule has 0 bridgehead atoms. The van der Waals surface area contributed by atoms with E-state index in [0.717, 1.165) is 52.8 Å². The normalized spacial score (nSPS) is 15.8. The molecule has 1 aliphatic rings. The van der Waals surface area contributed by atoms with Gasteiger partial charge in [0.05, 0.1) is 10.9 Å². The van der Waals surface area contributed by atoms with Crippen LogP contribution in [-0.4, -0.2) is 9.55 Å². The van der Waals surface area contributed by atoms with Crippen LogP contribution in [0.5, 0.6) is 0 Å². The summed E-state index contributed by atoms with van der Waals surface area (Å²) < 4.78 is 1.83. The van der Waals surface area contributed by atoms with Crippen LogP contribution in [0.15, 0.2) is 53.3 Å². The number of hydrogen-bond acceptors (Lipinski definition) is 2. The summed E-state index contributed by atoms with van der Waals surface area (Å²) in [6, 6.07) is 16.1. The quantitative estimate of drug-likeness (QED) is 0.680. The predicted octanol–water partition coefficient (Wildman–Crippen LogP) is 4.04. The van der Waals surface area contributed by atoms with Gasteiger partial charge in [0, 0.05) is 6.54 Å². The third kappa shape index (κ3) is 2.48. The first kappa shape index (κ1) is 13.9. The summed E-state index contributed by atoms with van der Waals surface area (Å²) in [6.07, 6.45) is 4.08. The lowest BCUT2D eigenvalue weighted by atomic mass is 10.0. The molecule has 0 aliphatic carbocycles. The molecule has 2 aromatic carbocycles. The van der Waals surface area contributed by atoms with Gasteiger partial charge in [-0.2, -0.15) is 0 Å². The van der Waals surface area contributed by atoms with E-state index >= 15 is 0 Å². The molecule has 0 amide bonds. The van der Waals surface area contributed by atoms with Gasteiger partial charge in [-0.3, -0.25) is 9.36 Å². The molecule has 0 spiro atoms. The van der Waals surface area contributed by atoms with Gasteiger partial charge in [-0.1, -0.05) is 42.0 Å². The molecule has 3 heteroatoms. The van der Waals surface area contributed by atoms with Gasteiger partial charge in [-0.05, 0) is 49.1 Å². The van der Waals surface area contributed by atoms with Crippen molar-refractivity contribution in [3.8, 4) is 0 Å². The van der Waals surface area contributed by atoms with E-state index in [1.807, 2.05) is 47.9 Å². The molecule has 114 valence electrons. The zero-order valence-corrected chi connectivity index (χ0v) is 13.1. The molecule has 3 nitrogen and oxygen atoms in total. The predicted molar refractivity (Wildman–Crippen MR) is 94.3 cm³/mol. The van der Waals surface area contributed by atoms with Gasteiger partial charge in [-0.25, -0.2) is 4.98 Å². The minimum absolute atomic E-state index is 0.0763. The van der Waals surface area contributed by atoms with Crippen LogP contribution in [0.3, 0.4) is 0 Å². The fourth-order valence-electron chi connectivity index (χ4n) is 3.21. The second-order valence-electron chi connectivity index (χ2n) is 6.10. The standard InChI is InChI=1S/C20H18N2O/c1-14-9-10-18-17(12-14)20(23)22-11-5-8-16(19(22)21-18)13-15-6-3-2-4-7-15/h2-4,6-7,9-10,12-13H,5,8,11H2,1H3/b16-13+. The molecular weight excluding hydrogens is 284 g/mol. The van der Waals surface area contributed by atoms with Crippen molar-refractivity contribution in [1.82, 2.24) is 9.55 Å². The van der Waals surface area contributed by atoms with Crippen LogP contribution < -0.4 is 5.56 Å². The molecule has 0 atom stereocenters. The molecule has 0 fully saturated rings. The maximum atomic E-state index is 12.8. The van der Waals surface area contributed by atoms with Gasteiger partial charge in [-0.15, -0.1) is 0 Å². The molecule has 0 N–H and O–H groups in total. The number of benzene rings is 2. The SMILES string of the molecule is Cc1ccc2nc3n(c(=O)c2c1)CCC/C3=C\c1ccccc1. The maximum Gasteiger partial charge on any atom is 0.261 e. The zero-order valence-electron chi connectivity index (χ0n) is 13.1. The number of nitrogens with zero attached hydrogens (tertiary/aromatic N) is 2. The Hall–Kier alpha value is -2.68. The Labute approximate surface area is 134 Å². The average molecular weight is 302 g/mol. The lowest BCUT2D eigenvalue weighted by molar-refractivity contribution is 0.587. The molecule has 23 heavy (non-hydrogen) atoms. The monoisotopic (exact) mass is 302 g/mol. The van der Waals surface area contributed by atoms with Crippen LogP contribution in [0.4, 0.5) is 0 Å². The lowest BCUT2D eigenvalue weighted by Gasteiger charge is -2.21. The van der Waals surface area contributed by atoms with Crippen molar-refractivity contribution in [3.63, 3.8) is 0 Å². The molecule has 0 saturated heterocycles. The first-order chi connectivity index (χ1) is 11.2. The highest BCUT2D eigenvalue weighted by Crippen LogP contribution is 2.27. The first-order valence-corrected chi connectivity index (χ1v) is 7.99. The largest absolute Gasteiger partial charge is 0.292 e.